The molecule has 5 nitrogen and oxygen atoms in total. The molecule has 0 saturated heterocycles. The lowest BCUT2D eigenvalue weighted by Gasteiger charge is -2.25. The number of rotatable bonds is 6. The van der Waals surface area contributed by atoms with E-state index in [9.17, 15) is 18.3 Å². The molecule has 0 bridgehead atoms. The molecule has 0 aliphatic rings. The molecule has 0 aliphatic heterocycles. The van der Waals surface area contributed by atoms with Gasteiger partial charge >= 0.3 is 5.97 Å². The van der Waals surface area contributed by atoms with Crippen LogP contribution in [0.2, 0.25) is 5.02 Å². The van der Waals surface area contributed by atoms with Crippen molar-refractivity contribution in [3.05, 3.63) is 64.2 Å². The van der Waals surface area contributed by atoms with Crippen molar-refractivity contribution in [3.8, 4) is 0 Å². The van der Waals surface area contributed by atoms with Gasteiger partial charge in [-0.3, -0.25) is 4.79 Å². The number of halogens is 1. The monoisotopic (exact) mass is 381 g/mol. The topological polar surface area (TPSA) is 74.7 Å². The predicted molar refractivity (Wildman–Crippen MR) is 97.4 cm³/mol. The van der Waals surface area contributed by atoms with Crippen molar-refractivity contribution in [3.63, 3.8) is 0 Å². The lowest BCUT2D eigenvalue weighted by atomic mass is 9.98. The molecule has 1 N–H and O–H groups in total. The van der Waals surface area contributed by atoms with Gasteiger partial charge in [0.1, 0.15) is 6.04 Å². The highest BCUT2D eigenvalue weighted by Crippen LogP contribution is 2.22. The van der Waals surface area contributed by atoms with E-state index in [1.165, 1.54) is 31.3 Å². The van der Waals surface area contributed by atoms with Crippen LogP contribution in [0.4, 0.5) is 0 Å². The molecule has 0 saturated carbocycles. The maximum atomic E-state index is 12.8. The van der Waals surface area contributed by atoms with Crippen molar-refractivity contribution >= 4 is 27.6 Å². The molecule has 0 aromatic heterocycles. The summed E-state index contributed by atoms with van der Waals surface area (Å²) in [7, 11) is -2.66. The number of likely N-dealkylation sites (N-methyl/N-ethyl adjacent to an activating group) is 1. The third kappa shape index (κ3) is 4.21. The zero-order valence-electron chi connectivity index (χ0n) is 14.2. The Morgan fingerprint density at radius 3 is 2.32 bits per heavy atom. The highest BCUT2D eigenvalue weighted by atomic mass is 35.5. The van der Waals surface area contributed by atoms with E-state index in [1.54, 1.807) is 0 Å². The molecular weight excluding hydrogens is 362 g/mol. The summed E-state index contributed by atoms with van der Waals surface area (Å²) < 4.78 is 26.4. The molecule has 0 aliphatic carbocycles. The molecule has 0 heterocycles. The molecule has 1 atom stereocenters. The van der Waals surface area contributed by atoms with Crippen molar-refractivity contribution in [1.29, 1.82) is 0 Å². The quantitative estimate of drug-likeness (QED) is 0.833. The van der Waals surface area contributed by atoms with Crippen LogP contribution in [0.3, 0.4) is 0 Å². The second-order valence-electron chi connectivity index (χ2n) is 5.89. The van der Waals surface area contributed by atoms with Crippen LogP contribution in [0.5, 0.6) is 0 Å². The van der Waals surface area contributed by atoms with Gasteiger partial charge in [-0.2, -0.15) is 4.31 Å². The molecule has 2 aromatic rings. The smallest absolute Gasteiger partial charge is 0.322 e. The molecule has 7 heteroatoms. The second kappa shape index (κ2) is 7.56. The Bertz CT molecular complexity index is 878. The zero-order valence-corrected chi connectivity index (χ0v) is 15.8. The van der Waals surface area contributed by atoms with Crippen LogP contribution in [0.25, 0.3) is 0 Å². The average molecular weight is 382 g/mol. The van der Waals surface area contributed by atoms with Gasteiger partial charge in [-0.1, -0.05) is 29.8 Å². The summed E-state index contributed by atoms with van der Waals surface area (Å²) in [5.74, 6) is -1.19. The van der Waals surface area contributed by atoms with Crippen molar-refractivity contribution in [1.82, 2.24) is 4.31 Å². The summed E-state index contributed by atoms with van der Waals surface area (Å²) in [6.07, 6.45) is 0.0895. The number of sulfonamides is 1. The molecule has 2 rings (SSSR count). The maximum Gasteiger partial charge on any atom is 0.322 e. The first-order valence-electron chi connectivity index (χ1n) is 7.66. The summed E-state index contributed by atoms with van der Waals surface area (Å²) >= 11 is 5.79. The van der Waals surface area contributed by atoms with Crippen LogP contribution in [0, 0.1) is 13.8 Å². The first kappa shape index (κ1) is 19.4. The van der Waals surface area contributed by atoms with Gasteiger partial charge in [0.15, 0.2) is 0 Å². The van der Waals surface area contributed by atoms with E-state index < -0.39 is 22.0 Å². The summed E-state index contributed by atoms with van der Waals surface area (Å²) in [6.45, 7) is 3.83. The Balaban J connectivity index is 2.37. The Morgan fingerprint density at radius 1 is 1.16 bits per heavy atom. The Hall–Kier alpha value is -1.89. The molecule has 134 valence electrons. The highest BCUT2D eigenvalue weighted by molar-refractivity contribution is 7.89. The van der Waals surface area contributed by atoms with Gasteiger partial charge in [-0.25, -0.2) is 8.42 Å². The molecule has 2 aromatic carbocycles. The van der Waals surface area contributed by atoms with E-state index in [2.05, 4.69) is 0 Å². The molecular formula is C18H20ClNO4S. The van der Waals surface area contributed by atoms with Gasteiger partial charge in [-0.15, -0.1) is 0 Å². The average Bonchev–Trinajstić information content (AvgIpc) is 2.55. The summed E-state index contributed by atoms with van der Waals surface area (Å²) in [4.78, 5) is 11.8. The normalized spacial score (nSPS) is 13.0. The fourth-order valence-electron chi connectivity index (χ4n) is 2.55. The van der Waals surface area contributed by atoms with Gasteiger partial charge in [0, 0.05) is 12.1 Å². The second-order valence-corrected chi connectivity index (χ2v) is 8.33. The summed E-state index contributed by atoms with van der Waals surface area (Å²) in [5, 5.41) is 10.0. The van der Waals surface area contributed by atoms with Crippen LogP contribution < -0.4 is 0 Å². The minimum absolute atomic E-state index is 0.00612. The third-order valence-electron chi connectivity index (χ3n) is 4.34. The van der Waals surface area contributed by atoms with E-state index in [-0.39, 0.29) is 11.3 Å². The first-order valence-corrected chi connectivity index (χ1v) is 9.48. The van der Waals surface area contributed by atoms with Crippen LogP contribution in [-0.2, 0) is 21.2 Å². The van der Waals surface area contributed by atoms with Gasteiger partial charge < -0.3 is 5.11 Å². The molecule has 25 heavy (non-hydrogen) atoms. The third-order valence-corrected chi connectivity index (χ3v) is 6.48. The highest BCUT2D eigenvalue weighted by Gasteiger charge is 2.33. The number of hydrogen-bond donors (Lipinski definition) is 1. The number of aliphatic carboxylic acids is 1. The maximum absolute atomic E-state index is 12.8. The Morgan fingerprint density at radius 2 is 1.76 bits per heavy atom. The number of aryl methyl sites for hydroxylation is 1. The van der Waals surface area contributed by atoms with Crippen molar-refractivity contribution in [2.75, 3.05) is 7.05 Å². The van der Waals surface area contributed by atoms with Crippen molar-refractivity contribution < 1.29 is 18.3 Å². The van der Waals surface area contributed by atoms with Crippen LogP contribution in [-0.4, -0.2) is 36.9 Å². The summed E-state index contributed by atoms with van der Waals surface area (Å²) in [5.41, 5.74) is 2.81. The van der Waals surface area contributed by atoms with E-state index >= 15 is 0 Å². The van der Waals surface area contributed by atoms with Crippen LogP contribution in [0.15, 0.2) is 47.4 Å². The number of hydrogen-bond acceptors (Lipinski definition) is 3. The van der Waals surface area contributed by atoms with Gasteiger partial charge in [-0.05, 0) is 61.2 Å². The van der Waals surface area contributed by atoms with Gasteiger partial charge in [0.05, 0.1) is 4.90 Å². The predicted octanol–water partition coefficient (Wildman–Crippen LogP) is 3.27. The SMILES string of the molecule is Cc1cccc(C[C@H](C(=O)O)N(C)S(=O)(=O)c2ccc(Cl)cc2)c1C. The fraction of sp³-hybridized carbons (Fsp3) is 0.278. The van der Waals surface area contributed by atoms with E-state index in [0.29, 0.717) is 5.02 Å². The molecule has 0 spiro atoms. The standard InChI is InChI=1S/C18H20ClNO4S/c1-12-5-4-6-14(13(12)2)11-17(18(21)22)20(3)25(23,24)16-9-7-15(19)8-10-16/h4-10,17H,11H2,1-3H3,(H,21,22)/t17-/m1/s1. The minimum atomic E-state index is -3.95. The number of nitrogens with zero attached hydrogens (tertiary/aromatic N) is 1. The Labute approximate surface area is 152 Å². The fourth-order valence-corrected chi connectivity index (χ4v) is 3.99. The van der Waals surface area contributed by atoms with Crippen molar-refractivity contribution in [2.24, 2.45) is 0 Å². The number of carboxylic acids is 1. The Kier molecular flexibility index (Phi) is 5.87. The van der Waals surface area contributed by atoms with E-state index in [4.69, 9.17) is 11.6 Å². The molecule has 0 amide bonds. The van der Waals surface area contributed by atoms with E-state index in [0.717, 1.165) is 21.0 Å². The molecule has 0 radical (unpaired) electrons. The van der Waals surface area contributed by atoms with Crippen LogP contribution in [0.1, 0.15) is 16.7 Å². The molecule has 0 unspecified atom stereocenters. The first-order chi connectivity index (χ1) is 11.6. The van der Waals surface area contributed by atoms with Crippen molar-refractivity contribution in [2.45, 2.75) is 31.2 Å². The minimum Gasteiger partial charge on any atom is -0.480 e. The number of carbonyl (C=O) groups is 1. The van der Waals surface area contributed by atoms with E-state index in [1.807, 2.05) is 32.0 Å². The van der Waals surface area contributed by atoms with Gasteiger partial charge in [0.25, 0.3) is 0 Å². The summed E-state index contributed by atoms with van der Waals surface area (Å²) in [6, 6.07) is 10.0. The lowest BCUT2D eigenvalue weighted by molar-refractivity contribution is -0.141. The number of benzene rings is 2. The van der Waals surface area contributed by atoms with Crippen LogP contribution >= 0.6 is 11.6 Å². The zero-order chi connectivity index (χ0) is 18.8. The molecule has 0 fully saturated rings. The van der Waals surface area contributed by atoms with Gasteiger partial charge in [0.2, 0.25) is 10.0 Å². The largest absolute Gasteiger partial charge is 0.480 e. The lowest BCUT2D eigenvalue weighted by Crippen LogP contribution is -2.43. The number of carboxylic acid groups (broad SMARTS) is 1.